The normalized spacial score (nSPS) is 18.2. The Kier molecular flexibility index (Phi) is 6.64. The van der Waals surface area contributed by atoms with Crippen molar-refractivity contribution in [3.8, 4) is 0 Å². The molecule has 0 spiro atoms. The van der Waals surface area contributed by atoms with Gasteiger partial charge in [-0.05, 0) is 37.7 Å². The van der Waals surface area contributed by atoms with Crippen LogP contribution in [0.25, 0.3) is 0 Å². The number of aromatic nitrogens is 1. The van der Waals surface area contributed by atoms with E-state index in [1.54, 1.807) is 0 Å². The monoisotopic (exact) mass is 324 g/mol. The summed E-state index contributed by atoms with van der Waals surface area (Å²) in [7, 11) is 2.03. The van der Waals surface area contributed by atoms with E-state index < -0.39 is 0 Å². The summed E-state index contributed by atoms with van der Waals surface area (Å²) < 4.78 is 7.82. The maximum Gasteiger partial charge on any atom is 0.191 e. The SMILES string of the molecule is CCNC(=NCc1ccn(C)c1)NCC1(SC)CCOCC1. The van der Waals surface area contributed by atoms with E-state index >= 15 is 0 Å². The molecule has 2 rings (SSSR count). The molecule has 0 radical (unpaired) electrons. The highest BCUT2D eigenvalue weighted by atomic mass is 32.2. The Balaban J connectivity index is 1.92. The Morgan fingerprint density at radius 3 is 2.77 bits per heavy atom. The summed E-state index contributed by atoms with van der Waals surface area (Å²) in [5.41, 5.74) is 1.23. The van der Waals surface area contributed by atoms with Gasteiger partial charge in [0.1, 0.15) is 0 Å². The number of hydrogen-bond donors (Lipinski definition) is 2. The van der Waals surface area contributed by atoms with Crippen molar-refractivity contribution in [2.24, 2.45) is 12.0 Å². The summed E-state index contributed by atoms with van der Waals surface area (Å²) in [6.45, 7) is 6.32. The van der Waals surface area contributed by atoms with Crippen molar-refractivity contribution in [2.45, 2.75) is 31.1 Å². The van der Waals surface area contributed by atoms with Gasteiger partial charge in [-0.2, -0.15) is 11.8 Å². The van der Waals surface area contributed by atoms with E-state index in [0.717, 1.165) is 45.1 Å². The zero-order chi connectivity index (χ0) is 15.8. The molecule has 1 saturated heterocycles. The lowest BCUT2D eigenvalue weighted by Crippen LogP contribution is -2.47. The molecular weight excluding hydrogens is 296 g/mol. The molecule has 5 nitrogen and oxygen atoms in total. The average Bonchev–Trinajstić information content (AvgIpc) is 2.96. The largest absolute Gasteiger partial charge is 0.381 e. The number of nitrogens with one attached hydrogen (secondary N) is 2. The van der Waals surface area contributed by atoms with Gasteiger partial charge >= 0.3 is 0 Å². The van der Waals surface area contributed by atoms with Crippen molar-refractivity contribution in [3.63, 3.8) is 0 Å². The van der Waals surface area contributed by atoms with E-state index in [4.69, 9.17) is 4.74 Å². The van der Waals surface area contributed by atoms with Crippen LogP contribution in [-0.4, -0.2) is 47.8 Å². The minimum absolute atomic E-state index is 0.265. The van der Waals surface area contributed by atoms with Crippen LogP contribution in [0.4, 0.5) is 0 Å². The highest BCUT2D eigenvalue weighted by molar-refractivity contribution is 8.00. The first kappa shape index (κ1) is 17.2. The van der Waals surface area contributed by atoms with Crippen molar-refractivity contribution in [1.29, 1.82) is 0 Å². The number of thioether (sulfide) groups is 1. The van der Waals surface area contributed by atoms with Crippen molar-refractivity contribution >= 4 is 17.7 Å². The lowest BCUT2D eigenvalue weighted by molar-refractivity contribution is 0.0783. The summed E-state index contributed by atoms with van der Waals surface area (Å²) in [4.78, 5) is 4.69. The van der Waals surface area contributed by atoms with Crippen molar-refractivity contribution in [2.75, 3.05) is 32.6 Å². The van der Waals surface area contributed by atoms with Gasteiger partial charge in [-0.15, -0.1) is 0 Å². The molecule has 0 saturated carbocycles. The smallest absolute Gasteiger partial charge is 0.191 e. The predicted octanol–water partition coefficient (Wildman–Crippen LogP) is 1.99. The number of aryl methyl sites for hydroxylation is 1. The number of nitrogens with zero attached hydrogens (tertiary/aromatic N) is 2. The molecule has 6 heteroatoms. The molecule has 0 bridgehead atoms. The van der Waals surface area contributed by atoms with Crippen LogP contribution >= 0.6 is 11.8 Å². The molecule has 0 aromatic carbocycles. The van der Waals surface area contributed by atoms with Gasteiger partial charge in [-0.3, -0.25) is 0 Å². The zero-order valence-electron chi connectivity index (χ0n) is 13.9. The second-order valence-electron chi connectivity index (χ2n) is 5.73. The predicted molar refractivity (Wildman–Crippen MR) is 94.5 cm³/mol. The number of aliphatic imine (C=N–C) groups is 1. The molecule has 1 aromatic heterocycles. The molecule has 22 heavy (non-hydrogen) atoms. The van der Waals surface area contributed by atoms with Gasteiger partial charge in [-0.25, -0.2) is 4.99 Å². The standard InChI is InChI=1S/C16H28N4OS/c1-4-17-15(18-11-14-5-8-20(2)12-14)19-13-16(22-3)6-9-21-10-7-16/h5,8,12H,4,6-7,9-11,13H2,1-3H3,(H2,17,18,19). The van der Waals surface area contributed by atoms with Gasteiger partial charge in [0.15, 0.2) is 5.96 Å². The van der Waals surface area contributed by atoms with Gasteiger partial charge in [0.2, 0.25) is 0 Å². The fraction of sp³-hybridized carbons (Fsp3) is 0.688. The van der Waals surface area contributed by atoms with Gasteiger partial charge in [0.05, 0.1) is 6.54 Å². The number of guanidine groups is 1. The van der Waals surface area contributed by atoms with E-state index in [9.17, 15) is 0 Å². The van der Waals surface area contributed by atoms with Gasteiger partial charge < -0.3 is 19.9 Å². The molecule has 1 aliphatic rings. The van der Waals surface area contributed by atoms with Crippen molar-refractivity contribution in [3.05, 3.63) is 24.0 Å². The zero-order valence-corrected chi connectivity index (χ0v) is 14.7. The van der Waals surface area contributed by atoms with Crippen LogP contribution in [0.5, 0.6) is 0 Å². The van der Waals surface area contributed by atoms with Crippen LogP contribution in [0.3, 0.4) is 0 Å². The third-order valence-electron chi connectivity index (χ3n) is 4.07. The summed E-state index contributed by atoms with van der Waals surface area (Å²) in [6, 6.07) is 2.11. The molecule has 0 unspecified atom stereocenters. The lowest BCUT2D eigenvalue weighted by atomic mass is 9.99. The van der Waals surface area contributed by atoms with Crippen LogP contribution in [-0.2, 0) is 18.3 Å². The van der Waals surface area contributed by atoms with E-state index in [2.05, 4.69) is 51.8 Å². The maximum atomic E-state index is 5.50. The Morgan fingerprint density at radius 1 is 1.41 bits per heavy atom. The molecule has 2 heterocycles. The first-order valence-electron chi connectivity index (χ1n) is 7.93. The van der Waals surface area contributed by atoms with Crippen LogP contribution in [0, 0.1) is 0 Å². The van der Waals surface area contributed by atoms with Crippen LogP contribution < -0.4 is 10.6 Å². The Hall–Kier alpha value is -1.14. The van der Waals surface area contributed by atoms with Gasteiger partial charge in [-0.1, -0.05) is 0 Å². The summed E-state index contributed by atoms with van der Waals surface area (Å²) in [6.07, 6.45) is 8.55. The minimum Gasteiger partial charge on any atom is -0.381 e. The summed E-state index contributed by atoms with van der Waals surface area (Å²) in [5.74, 6) is 0.895. The highest BCUT2D eigenvalue weighted by Gasteiger charge is 2.31. The molecule has 1 aliphatic heterocycles. The van der Waals surface area contributed by atoms with E-state index in [-0.39, 0.29) is 4.75 Å². The molecular formula is C16H28N4OS. The van der Waals surface area contributed by atoms with E-state index in [1.165, 1.54) is 5.56 Å². The highest BCUT2D eigenvalue weighted by Crippen LogP contribution is 2.32. The number of ether oxygens (including phenoxy) is 1. The molecule has 2 N–H and O–H groups in total. The molecule has 0 aliphatic carbocycles. The first-order valence-corrected chi connectivity index (χ1v) is 9.16. The first-order chi connectivity index (χ1) is 10.7. The van der Waals surface area contributed by atoms with Crippen LogP contribution in [0.15, 0.2) is 23.5 Å². The number of hydrogen-bond acceptors (Lipinski definition) is 3. The molecule has 124 valence electrons. The van der Waals surface area contributed by atoms with Gasteiger partial charge in [0, 0.05) is 50.5 Å². The topological polar surface area (TPSA) is 50.6 Å². The lowest BCUT2D eigenvalue weighted by Gasteiger charge is -2.36. The second-order valence-corrected chi connectivity index (χ2v) is 7.01. The average molecular weight is 324 g/mol. The number of rotatable bonds is 6. The van der Waals surface area contributed by atoms with Crippen LogP contribution in [0.1, 0.15) is 25.3 Å². The second kappa shape index (κ2) is 8.48. The van der Waals surface area contributed by atoms with Gasteiger partial charge in [0.25, 0.3) is 0 Å². The minimum atomic E-state index is 0.265. The van der Waals surface area contributed by atoms with Crippen LogP contribution in [0.2, 0.25) is 0 Å². The Labute approximate surface area is 137 Å². The van der Waals surface area contributed by atoms with E-state index in [0.29, 0.717) is 6.54 Å². The summed E-state index contributed by atoms with van der Waals surface area (Å²) in [5, 5.41) is 6.85. The maximum absolute atomic E-state index is 5.50. The Bertz CT molecular complexity index is 480. The molecule has 0 atom stereocenters. The molecule has 1 fully saturated rings. The summed E-state index contributed by atoms with van der Waals surface area (Å²) >= 11 is 1.94. The molecule has 0 amide bonds. The van der Waals surface area contributed by atoms with Crippen molar-refractivity contribution in [1.82, 2.24) is 15.2 Å². The third kappa shape index (κ3) is 4.95. The fourth-order valence-electron chi connectivity index (χ4n) is 2.61. The third-order valence-corrected chi connectivity index (χ3v) is 5.49. The molecule has 1 aromatic rings. The van der Waals surface area contributed by atoms with E-state index in [1.807, 2.05) is 18.8 Å². The Morgan fingerprint density at radius 2 is 2.18 bits per heavy atom. The van der Waals surface area contributed by atoms with Crippen molar-refractivity contribution < 1.29 is 4.74 Å². The fourth-order valence-corrected chi connectivity index (χ4v) is 3.40. The quantitative estimate of drug-likeness (QED) is 0.621.